The summed E-state index contributed by atoms with van der Waals surface area (Å²) in [6.45, 7) is 1.90. The van der Waals surface area contributed by atoms with Crippen LogP contribution in [0.25, 0.3) is 5.76 Å². The molecule has 9 heteroatoms. The minimum absolute atomic E-state index is 0.0291. The summed E-state index contributed by atoms with van der Waals surface area (Å²) in [7, 11) is -2.15. The van der Waals surface area contributed by atoms with E-state index in [9.17, 15) is 13.2 Å². The highest BCUT2D eigenvalue weighted by Crippen LogP contribution is 2.41. The minimum atomic E-state index is -3.84. The molecule has 7 nitrogen and oxygen atoms in total. The molecule has 1 N–H and O–H groups in total. The number of unbranched alkanes of at least 4 members (excludes halogenated alkanes) is 1. The van der Waals surface area contributed by atoms with E-state index in [1.165, 1.54) is 11.9 Å². The summed E-state index contributed by atoms with van der Waals surface area (Å²) in [4.78, 5) is 17.8. The van der Waals surface area contributed by atoms with Gasteiger partial charge in [0.25, 0.3) is 5.91 Å². The van der Waals surface area contributed by atoms with E-state index in [4.69, 9.17) is 4.18 Å². The molecule has 1 aliphatic rings. The van der Waals surface area contributed by atoms with Crippen LogP contribution < -0.4 is 5.32 Å². The molecular weight excluding hydrogens is 398 g/mol. The SMILES string of the molecule is CCCCS(=O)(=O)OC1=C(C(=O)Nc2ccccn2)N(C)Sc2ccccc21. The summed E-state index contributed by atoms with van der Waals surface area (Å²) in [5.74, 6) is -0.211. The molecule has 3 rings (SSSR count). The molecule has 0 fully saturated rings. The Labute approximate surface area is 169 Å². The first kappa shape index (κ1) is 20.2. The maximum absolute atomic E-state index is 13.0. The Balaban J connectivity index is 2.03. The number of hydrogen-bond acceptors (Lipinski definition) is 7. The average molecular weight is 420 g/mol. The molecule has 1 aliphatic heterocycles. The molecule has 28 heavy (non-hydrogen) atoms. The fourth-order valence-electron chi connectivity index (χ4n) is 2.63. The second-order valence-electron chi connectivity index (χ2n) is 6.13. The van der Waals surface area contributed by atoms with E-state index in [-0.39, 0.29) is 17.2 Å². The zero-order chi connectivity index (χ0) is 20.1. The summed E-state index contributed by atoms with van der Waals surface area (Å²) in [5.41, 5.74) is 0.686. The number of carbonyl (C=O) groups excluding carboxylic acids is 1. The Kier molecular flexibility index (Phi) is 6.25. The smallest absolute Gasteiger partial charge is 0.309 e. The summed E-state index contributed by atoms with van der Waals surface area (Å²) in [6, 6.07) is 12.4. The van der Waals surface area contributed by atoms with Gasteiger partial charge in [0.2, 0.25) is 0 Å². The van der Waals surface area contributed by atoms with Crippen molar-refractivity contribution in [1.29, 1.82) is 0 Å². The number of carbonyl (C=O) groups is 1. The van der Waals surface area contributed by atoms with Crippen molar-refractivity contribution in [2.75, 3.05) is 18.1 Å². The number of nitrogens with zero attached hydrogens (tertiary/aromatic N) is 2. The highest BCUT2D eigenvalue weighted by molar-refractivity contribution is 7.97. The summed E-state index contributed by atoms with van der Waals surface area (Å²) < 4.78 is 32.0. The number of pyridine rings is 1. The molecule has 148 valence electrons. The molecule has 1 aromatic heterocycles. The molecular formula is C19H21N3O4S2. The highest BCUT2D eigenvalue weighted by Gasteiger charge is 2.32. The van der Waals surface area contributed by atoms with Crippen LogP contribution in [0.15, 0.2) is 59.3 Å². The van der Waals surface area contributed by atoms with Gasteiger partial charge in [-0.25, -0.2) is 4.98 Å². The molecule has 0 spiro atoms. The predicted octanol–water partition coefficient (Wildman–Crippen LogP) is 3.49. The van der Waals surface area contributed by atoms with E-state index in [0.717, 1.165) is 11.3 Å². The molecule has 0 atom stereocenters. The number of rotatable bonds is 7. The zero-order valence-corrected chi connectivity index (χ0v) is 17.2. The maximum Gasteiger partial charge on any atom is 0.309 e. The van der Waals surface area contributed by atoms with E-state index >= 15 is 0 Å². The largest absolute Gasteiger partial charge is 0.379 e. The van der Waals surface area contributed by atoms with Gasteiger partial charge in [-0.2, -0.15) is 8.42 Å². The van der Waals surface area contributed by atoms with Crippen LogP contribution in [-0.2, 0) is 19.1 Å². The van der Waals surface area contributed by atoms with Crippen LogP contribution in [0, 0.1) is 0 Å². The fourth-order valence-corrected chi connectivity index (χ4v) is 4.73. The first-order valence-corrected chi connectivity index (χ1v) is 11.2. The topological polar surface area (TPSA) is 88.6 Å². The van der Waals surface area contributed by atoms with E-state index in [0.29, 0.717) is 17.8 Å². The molecule has 2 aromatic rings. The van der Waals surface area contributed by atoms with Gasteiger partial charge in [0.15, 0.2) is 11.5 Å². The average Bonchev–Trinajstić information content (AvgIpc) is 2.67. The normalized spacial score (nSPS) is 13.9. The molecule has 1 aromatic carbocycles. The van der Waals surface area contributed by atoms with Crippen LogP contribution in [0.3, 0.4) is 0 Å². The van der Waals surface area contributed by atoms with Gasteiger partial charge < -0.3 is 13.8 Å². The molecule has 0 saturated carbocycles. The van der Waals surface area contributed by atoms with Crippen molar-refractivity contribution in [1.82, 2.24) is 9.29 Å². The molecule has 0 unspecified atom stereocenters. The number of nitrogens with one attached hydrogen (secondary N) is 1. The second-order valence-corrected chi connectivity index (χ2v) is 8.99. The fraction of sp³-hybridized carbons (Fsp3) is 0.263. The van der Waals surface area contributed by atoms with Crippen LogP contribution in [0.2, 0.25) is 0 Å². The van der Waals surface area contributed by atoms with Crippen LogP contribution in [-0.4, -0.2) is 36.4 Å². The molecule has 0 saturated heterocycles. The predicted molar refractivity (Wildman–Crippen MR) is 110 cm³/mol. The van der Waals surface area contributed by atoms with Gasteiger partial charge in [-0.05, 0) is 42.6 Å². The van der Waals surface area contributed by atoms with Gasteiger partial charge in [-0.1, -0.05) is 31.5 Å². The molecule has 0 radical (unpaired) electrons. The maximum atomic E-state index is 13.0. The zero-order valence-electron chi connectivity index (χ0n) is 15.6. The number of fused-ring (bicyclic) bond motifs is 1. The Morgan fingerprint density at radius 1 is 1.21 bits per heavy atom. The van der Waals surface area contributed by atoms with Gasteiger partial charge >= 0.3 is 10.1 Å². The van der Waals surface area contributed by atoms with E-state index < -0.39 is 16.0 Å². The van der Waals surface area contributed by atoms with Gasteiger partial charge in [0.1, 0.15) is 5.82 Å². The molecule has 0 aliphatic carbocycles. The lowest BCUT2D eigenvalue weighted by Gasteiger charge is -2.29. The lowest BCUT2D eigenvalue weighted by Crippen LogP contribution is -2.29. The van der Waals surface area contributed by atoms with Crippen molar-refractivity contribution in [3.05, 3.63) is 59.9 Å². The van der Waals surface area contributed by atoms with Gasteiger partial charge in [-0.15, -0.1) is 0 Å². The number of hydrogen-bond donors (Lipinski definition) is 1. The number of aromatic nitrogens is 1. The van der Waals surface area contributed by atoms with Crippen molar-refractivity contribution < 1.29 is 17.4 Å². The van der Waals surface area contributed by atoms with Crippen LogP contribution in [0.5, 0.6) is 0 Å². The van der Waals surface area contributed by atoms with Crippen LogP contribution >= 0.6 is 11.9 Å². The Morgan fingerprint density at radius 3 is 2.68 bits per heavy atom. The standard InChI is InChI=1S/C19H21N3O4S2/c1-3-4-13-28(24,25)26-18-14-9-5-6-10-15(14)27-22(2)17(18)19(23)21-16-11-7-8-12-20-16/h5-12H,3-4,13H2,1-2H3,(H,20,21,23). The lowest BCUT2D eigenvalue weighted by atomic mass is 10.1. The number of amides is 1. The van der Waals surface area contributed by atoms with Gasteiger partial charge in [-0.3, -0.25) is 4.79 Å². The monoisotopic (exact) mass is 419 g/mol. The summed E-state index contributed by atoms with van der Waals surface area (Å²) in [5, 5.41) is 2.69. The quantitative estimate of drug-likeness (QED) is 0.543. The lowest BCUT2D eigenvalue weighted by molar-refractivity contribution is -0.113. The molecule has 1 amide bonds. The third kappa shape index (κ3) is 4.66. The Bertz CT molecular complexity index is 991. The number of likely N-dealkylation sites (N-methyl/N-ethyl adjacent to an activating group) is 1. The van der Waals surface area contributed by atoms with E-state index in [1.807, 2.05) is 19.1 Å². The molecule has 0 bridgehead atoms. The first-order valence-electron chi connectivity index (χ1n) is 8.81. The third-order valence-corrected chi connectivity index (χ3v) is 6.20. The number of anilines is 1. The van der Waals surface area contributed by atoms with Crippen molar-refractivity contribution in [2.45, 2.75) is 24.7 Å². The Morgan fingerprint density at radius 2 is 1.96 bits per heavy atom. The van der Waals surface area contributed by atoms with Gasteiger partial charge in [0, 0.05) is 23.7 Å². The van der Waals surface area contributed by atoms with Crippen molar-refractivity contribution >= 4 is 39.6 Å². The van der Waals surface area contributed by atoms with Crippen molar-refractivity contribution in [3.8, 4) is 0 Å². The van der Waals surface area contributed by atoms with E-state index in [2.05, 4.69) is 10.3 Å². The number of benzene rings is 1. The minimum Gasteiger partial charge on any atom is -0.379 e. The highest BCUT2D eigenvalue weighted by atomic mass is 32.2. The summed E-state index contributed by atoms with van der Waals surface area (Å²) >= 11 is 1.33. The van der Waals surface area contributed by atoms with Gasteiger partial charge in [0.05, 0.1) is 5.75 Å². The van der Waals surface area contributed by atoms with Crippen molar-refractivity contribution in [2.24, 2.45) is 0 Å². The first-order chi connectivity index (χ1) is 13.4. The van der Waals surface area contributed by atoms with Crippen LogP contribution in [0.1, 0.15) is 25.3 Å². The van der Waals surface area contributed by atoms with Crippen molar-refractivity contribution in [3.63, 3.8) is 0 Å². The Hall–Kier alpha value is -2.52. The summed E-state index contributed by atoms with van der Waals surface area (Å²) in [6.07, 6.45) is 2.77. The third-order valence-electron chi connectivity index (χ3n) is 3.98. The van der Waals surface area contributed by atoms with E-state index in [1.54, 1.807) is 47.9 Å². The second kappa shape index (κ2) is 8.66. The van der Waals surface area contributed by atoms with Crippen LogP contribution in [0.4, 0.5) is 5.82 Å². The molecule has 2 heterocycles.